The van der Waals surface area contributed by atoms with Crippen molar-refractivity contribution in [3.8, 4) is 17.0 Å². The number of aromatic nitrogens is 1. The summed E-state index contributed by atoms with van der Waals surface area (Å²) in [6.45, 7) is 2.55. The van der Waals surface area contributed by atoms with Crippen molar-refractivity contribution in [2.24, 2.45) is 0 Å². The van der Waals surface area contributed by atoms with E-state index in [1.165, 1.54) is 6.21 Å². The SMILES string of the molecule is Cc1cc(C=N)c(NPI)cc1-c1ccnc(OCc2ccccc2)c1. The van der Waals surface area contributed by atoms with E-state index >= 15 is 0 Å². The molecular weight excluding hydrogens is 456 g/mol. The third-order valence-corrected chi connectivity index (χ3v) is 5.18. The minimum Gasteiger partial charge on any atom is -0.473 e. The molecule has 0 radical (unpaired) electrons. The molecule has 1 aromatic heterocycles. The molecule has 0 aliphatic rings. The molecule has 0 aliphatic carbocycles. The Labute approximate surface area is 168 Å². The zero-order valence-electron chi connectivity index (χ0n) is 14.3. The van der Waals surface area contributed by atoms with Crippen molar-refractivity contribution in [3.63, 3.8) is 0 Å². The molecule has 0 saturated carbocycles. The van der Waals surface area contributed by atoms with E-state index in [-0.39, 0.29) is 0 Å². The molecule has 4 nitrogen and oxygen atoms in total. The summed E-state index contributed by atoms with van der Waals surface area (Å²) in [5.74, 6) is 0.604. The van der Waals surface area contributed by atoms with Crippen LogP contribution in [0.15, 0.2) is 60.8 Å². The number of nitrogens with one attached hydrogen (secondary N) is 2. The average molecular weight is 475 g/mol. The molecule has 6 heteroatoms. The van der Waals surface area contributed by atoms with Gasteiger partial charge in [-0.25, -0.2) is 4.98 Å². The van der Waals surface area contributed by atoms with E-state index in [1.807, 2.05) is 48.5 Å². The molecule has 26 heavy (non-hydrogen) atoms. The molecule has 1 unspecified atom stereocenters. The predicted molar refractivity (Wildman–Crippen MR) is 119 cm³/mol. The van der Waals surface area contributed by atoms with Crippen LogP contribution in [0.3, 0.4) is 0 Å². The van der Waals surface area contributed by atoms with Gasteiger partial charge >= 0.3 is 0 Å². The maximum absolute atomic E-state index is 7.61. The Morgan fingerprint density at radius 3 is 2.73 bits per heavy atom. The maximum atomic E-state index is 7.61. The first kappa shape index (κ1) is 18.8. The Hall–Kier alpha value is -1.98. The summed E-state index contributed by atoms with van der Waals surface area (Å²) < 4.78 is 5.85. The smallest absolute Gasteiger partial charge is 0.214 e. The quantitative estimate of drug-likeness (QED) is 0.251. The summed E-state index contributed by atoms with van der Waals surface area (Å²) in [4.78, 5) is 4.33. The lowest BCUT2D eigenvalue weighted by Crippen LogP contribution is -1.98. The van der Waals surface area contributed by atoms with Gasteiger partial charge in [0, 0.05) is 36.1 Å². The van der Waals surface area contributed by atoms with Crippen LogP contribution in [0.5, 0.6) is 5.88 Å². The topological polar surface area (TPSA) is 58.0 Å². The monoisotopic (exact) mass is 475 g/mol. The van der Waals surface area contributed by atoms with E-state index in [9.17, 15) is 0 Å². The normalized spacial score (nSPS) is 10.8. The maximum Gasteiger partial charge on any atom is 0.214 e. The molecule has 0 saturated heterocycles. The molecule has 2 aromatic carbocycles. The van der Waals surface area contributed by atoms with Gasteiger partial charge in [0.15, 0.2) is 0 Å². The van der Waals surface area contributed by atoms with Crippen molar-refractivity contribution in [3.05, 3.63) is 77.5 Å². The Balaban J connectivity index is 1.87. The fraction of sp³-hybridized carbons (Fsp3) is 0.100. The van der Waals surface area contributed by atoms with E-state index < -0.39 is 0 Å². The van der Waals surface area contributed by atoms with Crippen LogP contribution in [0.1, 0.15) is 16.7 Å². The third kappa shape index (κ3) is 4.59. The van der Waals surface area contributed by atoms with Gasteiger partial charge in [0.05, 0.1) is 0 Å². The highest BCUT2D eigenvalue weighted by Gasteiger charge is 2.09. The van der Waals surface area contributed by atoms with Gasteiger partial charge in [-0.1, -0.05) is 30.3 Å². The Morgan fingerprint density at radius 1 is 1.19 bits per heavy atom. The summed E-state index contributed by atoms with van der Waals surface area (Å²) in [5.41, 5.74) is 6.25. The third-order valence-electron chi connectivity index (χ3n) is 4.01. The standard InChI is InChI=1S/C20H19IN3OP/c1-14-9-17(12-22)19(24-26-21)11-18(14)16-7-8-23-20(10-16)25-13-15-5-3-2-4-6-15/h2-12,22,24,26H,13H2,1H3. The number of rotatable bonds is 7. The summed E-state index contributed by atoms with van der Waals surface area (Å²) >= 11 is 2.29. The fourth-order valence-electron chi connectivity index (χ4n) is 2.71. The van der Waals surface area contributed by atoms with Crippen LogP contribution < -0.4 is 9.82 Å². The largest absolute Gasteiger partial charge is 0.473 e. The highest BCUT2D eigenvalue weighted by Crippen LogP contribution is 2.33. The minimum absolute atomic E-state index is 0.492. The summed E-state index contributed by atoms with van der Waals surface area (Å²) in [5, 5.41) is 11.0. The number of aryl methyl sites for hydroxylation is 1. The molecule has 132 valence electrons. The molecule has 3 rings (SSSR count). The zero-order chi connectivity index (χ0) is 18.4. The van der Waals surface area contributed by atoms with Crippen LogP contribution >= 0.6 is 28.4 Å². The van der Waals surface area contributed by atoms with Crippen molar-refractivity contribution in [1.82, 2.24) is 4.98 Å². The highest BCUT2D eigenvalue weighted by molar-refractivity contribution is 14.2. The number of anilines is 1. The van der Waals surface area contributed by atoms with Crippen molar-refractivity contribution in [2.45, 2.75) is 13.5 Å². The Bertz CT molecular complexity index is 903. The number of nitrogens with zero attached hydrogens (tertiary/aromatic N) is 1. The first-order valence-electron chi connectivity index (χ1n) is 8.11. The van der Waals surface area contributed by atoms with E-state index in [2.05, 4.69) is 45.1 Å². The number of ether oxygens (including phenoxy) is 1. The first-order valence-corrected chi connectivity index (χ1v) is 12.2. The molecule has 0 fully saturated rings. The second-order valence-electron chi connectivity index (χ2n) is 5.78. The minimum atomic E-state index is 0.492. The molecule has 3 aromatic rings. The lowest BCUT2D eigenvalue weighted by Gasteiger charge is -2.14. The van der Waals surface area contributed by atoms with Gasteiger partial charge < -0.3 is 15.2 Å². The van der Waals surface area contributed by atoms with Crippen LogP contribution in [0.2, 0.25) is 0 Å². The van der Waals surface area contributed by atoms with Crippen molar-refractivity contribution < 1.29 is 4.74 Å². The average Bonchev–Trinajstić information content (AvgIpc) is 2.68. The highest BCUT2D eigenvalue weighted by atomic mass is 127. The molecular formula is C20H19IN3OP. The molecule has 0 amide bonds. The van der Waals surface area contributed by atoms with Crippen LogP contribution in [0.25, 0.3) is 11.1 Å². The fourth-order valence-corrected chi connectivity index (χ4v) is 3.90. The van der Waals surface area contributed by atoms with E-state index in [0.717, 1.165) is 33.5 Å². The molecule has 0 spiro atoms. The van der Waals surface area contributed by atoms with Crippen molar-refractivity contribution in [2.75, 3.05) is 5.09 Å². The van der Waals surface area contributed by atoms with E-state index in [0.29, 0.717) is 18.9 Å². The summed E-state index contributed by atoms with van der Waals surface area (Å²) in [6, 6.07) is 18.1. The molecule has 0 bridgehead atoms. The van der Waals surface area contributed by atoms with Gasteiger partial charge in [-0.15, -0.1) is 0 Å². The number of hydrogen-bond acceptors (Lipinski definition) is 4. The Morgan fingerprint density at radius 2 is 2.00 bits per heavy atom. The van der Waals surface area contributed by atoms with Crippen LogP contribution in [-0.4, -0.2) is 11.2 Å². The first-order chi connectivity index (χ1) is 12.7. The van der Waals surface area contributed by atoms with Gasteiger partial charge in [-0.05, 0) is 69.4 Å². The summed E-state index contributed by atoms with van der Waals surface area (Å²) in [6.07, 6.45) is 3.70. The summed E-state index contributed by atoms with van der Waals surface area (Å²) in [7, 11) is 0. The lowest BCUT2D eigenvalue weighted by molar-refractivity contribution is 0.294. The second-order valence-corrected chi connectivity index (χ2v) is 7.83. The molecule has 2 N–H and O–H groups in total. The van der Waals surface area contributed by atoms with Gasteiger partial charge in [0.2, 0.25) is 5.88 Å². The Kier molecular flexibility index (Phi) is 6.58. The van der Waals surface area contributed by atoms with Gasteiger partial charge in [0.25, 0.3) is 0 Å². The van der Waals surface area contributed by atoms with Crippen molar-refractivity contribution >= 4 is 40.3 Å². The van der Waals surface area contributed by atoms with Crippen molar-refractivity contribution in [1.29, 1.82) is 5.41 Å². The predicted octanol–water partition coefficient (Wildman–Crippen LogP) is 5.99. The van der Waals surface area contributed by atoms with Gasteiger partial charge in [-0.3, -0.25) is 0 Å². The van der Waals surface area contributed by atoms with Crippen LogP contribution in [0.4, 0.5) is 5.69 Å². The van der Waals surface area contributed by atoms with E-state index in [1.54, 1.807) is 6.20 Å². The zero-order valence-corrected chi connectivity index (χ0v) is 17.4. The van der Waals surface area contributed by atoms with Crippen LogP contribution in [-0.2, 0) is 6.61 Å². The second kappa shape index (κ2) is 9.10. The molecule has 1 heterocycles. The number of pyridine rings is 1. The van der Waals surface area contributed by atoms with E-state index in [4.69, 9.17) is 10.1 Å². The number of hydrogen-bond donors (Lipinski definition) is 2. The lowest BCUT2D eigenvalue weighted by atomic mass is 9.98. The van der Waals surface area contributed by atoms with Crippen LogP contribution in [0, 0.1) is 12.3 Å². The number of benzene rings is 2. The molecule has 0 aliphatic heterocycles. The number of halogens is 1. The van der Waals surface area contributed by atoms with Gasteiger partial charge in [-0.2, -0.15) is 0 Å². The van der Waals surface area contributed by atoms with Gasteiger partial charge in [0.1, 0.15) is 6.61 Å². The molecule has 1 atom stereocenters.